The lowest BCUT2D eigenvalue weighted by Gasteiger charge is -2.27. The number of nitrogens with zero attached hydrogens (tertiary/aromatic N) is 1. The highest BCUT2D eigenvalue weighted by molar-refractivity contribution is 7.94. The van der Waals surface area contributed by atoms with Gasteiger partial charge < -0.3 is 24.4 Å². The van der Waals surface area contributed by atoms with Crippen LogP contribution in [0.5, 0.6) is 0 Å². The lowest BCUT2D eigenvalue weighted by molar-refractivity contribution is -0.119. The molecule has 13 heteroatoms. The number of urea groups is 1. The molecular formula is C14H18N4O8S. The highest BCUT2D eigenvalue weighted by Crippen LogP contribution is 2.37. The second kappa shape index (κ2) is 7.44. The third kappa shape index (κ3) is 3.91. The number of ether oxygens (including phenoxy) is 1. The van der Waals surface area contributed by atoms with Crippen LogP contribution in [0.1, 0.15) is 13.2 Å². The van der Waals surface area contributed by atoms with E-state index >= 15 is 0 Å². The van der Waals surface area contributed by atoms with E-state index in [-0.39, 0.29) is 12.4 Å². The molecule has 3 amide bonds. The van der Waals surface area contributed by atoms with Crippen molar-refractivity contribution in [2.24, 2.45) is 0 Å². The van der Waals surface area contributed by atoms with Crippen LogP contribution in [-0.2, 0) is 13.7 Å². The van der Waals surface area contributed by atoms with Crippen molar-refractivity contribution in [3.63, 3.8) is 0 Å². The monoisotopic (exact) mass is 402 g/mol. The molecule has 0 spiro atoms. The highest BCUT2D eigenvalue weighted by atomic mass is 32.2. The summed E-state index contributed by atoms with van der Waals surface area (Å²) in [5, 5.41) is 25.3. The van der Waals surface area contributed by atoms with E-state index in [2.05, 4.69) is 10.6 Å². The molecule has 5 N–H and O–H groups in total. The van der Waals surface area contributed by atoms with E-state index in [1.54, 1.807) is 0 Å². The summed E-state index contributed by atoms with van der Waals surface area (Å²) < 4.78 is 11.8. The van der Waals surface area contributed by atoms with E-state index in [9.17, 15) is 29.4 Å². The zero-order valence-electron chi connectivity index (χ0n) is 14.1. The SMILES string of the molecule is C[C@@]1(O)[C@H](O)[C@@H](COSC[C@H]2NC(=O)NC2=O)O[C@H]1n1ccc(=O)[nH]c1=O. The molecule has 3 heterocycles. The number of rotatable bonds is 6. The van der Waals surface area contributed by atoms with E-state index in [0.717, 1.165) is 28.9 Å². The predicted molar refractivity (Wildman–Crippen MR) is 90.7 cm³/mol. The summed E-state index contributed by atoms with van der Waals surface area (Å²) in [4.78, 5) is 47.6. The number of hydrogen-bond acceptors (Lipinski definition) is 9. The standard InChI is InChI=1S/C14H18N4O8S/c1-14(24)9(20)7(4-25-27-5-6-10(21)17-12(22)15-6)26-11(14)18-3-2-8(19)16-13(18)23/h2-3,6-7,9,11,20,24H,4-5H2,1H3,(H,16,19,23)(H2,15,17,21,22)/t6-,7-,9-,11-,14-/m1/s1. The Morgan fingerprint density at radius 1 is 1.37 bits per heavy atom. The number of H-pyrrole nitrogens is 1. The molecule has 0 radical (unpaired) electrons. The summed E-state index contributed by atoms with van der Waals surface area (Å²) in [6, 6.07) is -0.216. The molecule has 1 aromatic rings. The summed E-state index contributed by atoms with van der Waals surface area (Å²) in [6.45, 7) is 1.14. The molecule has 12 nitrogen and oxygen atoms in total. The quantitative estimate of drug-likeness (QED) is 0.195. The van der Waals surface area contributed by atoms with Crippen LogP contribution >= 0.6 is 12.0 Å². The number of aliphatic hydroxyl groups excluding tert-OH is 1. The fourth-order valence-corrected chi connectivity index (χ4v) is 3.49. The molecule has 2 saturated heterocycles. The van der Waals surface area contributed by atoms with Crippen molar-refractivity contribution in [3.05, 3.63) is 33.1 Å². The summed E-state index contributed by atoms with van der Waals surface area (Å²) >= 11 is 0.883. The minimum Gasteiger partial charge on any atom is -0.387 e. The summed E-state index contributed by atoms with van der Waals surface area (Å²) in [5.74, 6) is -0.326. The van der Waals surface area contributed by atoms with Crippen LogP contribution in [0.2, 0.25) is 0 Å². The van der Waals surface area contributed by atoms with Crippen LogP contribution in [0.15, 0.2) is 21.9 Å². The molecule has 2 aliphatic heterocycles. The van der Waals surface area contributed by atoms with Crippen molar-refractivity contribution in [1.29, 1.82) is 0 Å². The smallest absolute Gasteiger partial charge is 0.330 e. The Morgan fingerprint density at radius 2 is 2.11 bits per heavy atom. The zero-order chi connectivity index (χ0) is 19.8. The van der Waals surface area contributed by atoms with Crippen LogP contribution in [-0.4, -0.2) is 67.9 Å². The first kappa shape index (κ1) is 19.6. The average Bonchev–Trinajstić information content (AvgIpc) is 3.02. The molecule has 5 atom stereocenters. The van der Waals surface area contributed by atoms with Crippen molar-refractivity contribution >= 4 is 24.0 Å². The summed E-state index contributed by atoms with van der Waals surface area (Å²) in [6.07, 6.45) is -2.43. The minimum atomic E-state index is -1.82. The van der Waals surface area contributed by atoms with Crippen LogP contribution in [0.4, 0.5) is 4.79 Å². The van der Waals surface area contributed by atoms with Gasteiger partial charge in [0.1, 0.15) is 23.9 Å². The van der Waals surface area contributed by atoms with Crippen LogP contribution in [0.3, 0.4) is 0 Å². The van der Waals surface area contributed by atoms with E-state index in [0.29, 0.717) is 0 Å². The Kier molecular flexibility index (Phi) is 5.39. The molecule has 0 unspecified atom stereocenters. The van der Waals surface area contributed by atoms with Gasteiger partial charge >= 0.3 is 11.7 Å². The Hall–Kier alpha value is -2.19. The van der Waals surface area contributed by atoms with Gasteiger partial charge in [0, 0.05) is 18.0 Å². The van der Waals surface area contributed by atoms with E-state index in [1.165, 1.54) is 6.92 Å². The molecule has 2 aliphatic rings. The van der Waals surface area contributed by atoms with Gasteiger partial charge in [-0.15, -0.1) is 0 Å². The molecule has 148 valence electrons. The Morgan fingerprint density at radius 3 is 2.74 bits per heavy atom. The van der Waals surface area contributed by atoms with Crippen LogP contribution < -0.4 is 21.9 Å². The van der Waals surface area contributed by atoms with Crippen molar-refractivity contribution in [2.45, 2.75) is 37.0 Å². The summed E-state index contributed by atoms with van der Waals surface area (Å²) in [7, 11) is 0. The fourth-order valence-electron chi connectivity index (χ4n) is 2.80. The number of carbonyl (C=O) groups excluding carboxylic acids is 2. The van der Waals surface area contributed by atoms with Gasteiger partial charge in [0.25, 0.3) is 11.5 Å². The average molecular weight is 402 g/mol. The normalized spacial score (nSPS) is 33.1. The first-order chi connectivity index (χ1) is 12.7. The van der Waals surface area contributed by atoms with E-state index in [4.69, 9.17) is 8.92 Å². The third-order valence-electron chi connectivity index (χ3n) is 4.27. The number of carbonyl (C=O) groups is 2. The van der Waals surface area contributed by atoms with Crippen LogP contribution in [0, 0.1) is 0 Å². The van der Waals surface area contributed by atoms with Crippen molar-refractivity contribution in [1.82, 2.24) is 20.2 Å². The molecule has 1 aromatic heterocycles. The lowest BCUT2D eigenvalue weighted by Crippen LogP contribution is -2.46. The Labute approximate surface area is 156 Å². The molecule has 3 rings (SSSR count). The van der Waals surface area contributed by atoms with Crippen molar-refractivity contribution < 1.29 is 28.7 Å². The molecule has 0 bridgehead atoms. The lowest BCUT2D eigenvalue weighted by atomic mass is 9.96. The largest absolute Gasteiger partial charge is 0.387 e. The fraction of sp³-hybridized carbons (Fsp3) is 0.571. The van der Waals surface area contributed by atoms with Gasteiger partial charge in [0.2, 0.25) is 0 Å². The van der Waals surface area contributed by atoms with Gasteiger partial charge in [-0.25, -0.2) is 9.59 Å². The first-order valence-electron chi connectivity index (χ1n) is 7.93. The third-order valence-corrected chi connectivity index (χ3v) is 5.04. The number of aliphatic hydroxyl groups is 2. The number of aromatic nitrogens is 2. The zero-order valence-corrected chi connectivity index (χ0v) is 14.9. The Bertz CT molecular complexity index is 852. The van der Waals surface area contributed by atoms with Crippen LogP contribution in [0.25, 0.3) is 0 Å². The van der Waals surface area contributed by atoms with E-state index in [1.807, 2.05) is 4.98 Å². The molecule has 27 heavy (non-hydrogen) atoms. The maximum Gasteiger partial charge on any atom is 0.330 e. The molecule has 0 saturated carbocycles. The summed E-state index contributed by atoms with van der Waals surface area (Å²) in [5.41, 5.74) is -3.22. The van der Waals surface area contributed by atoms with Crippen molar-refractivity contribution in [2.75, 3.05) is 12.4 Å². The molecular weight excluding hydrogens is 384 g/mol. The highest BCUT2D eigenvalue weighted by Gasteiger charge is 2.53. The van der Waals surface area contributed by atoms with Gasteiger partial charge in [-0.1, -0.05) is 0 Å². The minimum absolute atomic E-state index is 0.138. The van der Waals surface area contributed by atoms with Gasteiger partial charge in [-0.3, -0.25) is 24.5 Å². The first-order valence-corrected chi connectivity index (χ1v) is 8.84. The Balaban J connectivity index is 1.59. The van der Waals surface area contributed by atoms with Gasteiger partial charge in [0.05, 0.1) is 6.61 Å². The maximum absolute atomic E-state index is 11.9. The molecule has 0 aromatic carbocycles. The maximum atomic E-state index is 11.9. The number of aromatic amines is 1. The van der Waals surface area contributed by atoms with Gasteiger partial charge in [-0.2, -0.15) is 0 Å². The van der Waals surface area contributed by atoms with Gasteiger partial charge in [-0.05, 0) is 19.0 Å². The van der Waals surface area contributed by atoms with Crippen molar-refractivity contribution in [3.8, 4) is 0 Å². The number of amides is 3. The second-order valence-electron chi connectivity index (χ2n) is 6.30. The molecule has 0 aliphatic carbocycles. The topological polar surface area (TPSA) is 172 Å². The number of hydrogen-bond donors (Lipinski definition) is 5. The number of nitrogens with one attached hydrogen (secondary N) is 3. The predicted octanol–water partition coefficient (Wildman–Crippen LogP) is -2.58. The molecule has 2 fully saturated rings. The second-order valence-corrected chi connectivity index (χ2v) is 7.10. The van der Waals surface area contributed by atoms with Gasteiger partial charge in [0.15, 0.2) is 6.23 Å². The number of imide groups is 1. The van der Waals surface area contributed by atoms with E-state index < -0.39 is 53.3 Å².